The predicted molar refractivity (Wildman–Crippen MR) is 140 cm³/mol. The Morgan fingerprint density at radius 1 is 1.06 bits per heavy atom. The molecule has 6 nitrogen and oxygen atoms in total. The number of rotatable bonds is 6. The maximum absolute atomic E-state index is 13.1. The molecule has 0 radical (unpaired) electrons. The largest absolute Gasteiger partial charge is 0.507 e. The zero-order chi connectivity index (χ0) is 26.2. The lowest BCUT2D eigenvalue weighted by Crippen LogP contribution is -2.31. The summed E-state index contributed by atoms with van der Waals surface area (Å²) < 4.78 is 12.2. The molecule has 2 aliphatic heterocycles. The molecule has 2 aromatic rings. The van der Waals surface area contributed by atoms with Gasteiger partial charge in [-0.25, -0.2) is 0 Å². The second-order valence-corrected chi connectivity index (χ2v) is 10.3. The molecular weight excluding hydrogens is 456 g/mol. The molecule has 0 amide bonds. The maximum Gasteiger partial charge on any atom is 0.174 e. The zero-order valence-electron chi connectivity index (χ0n) is 21.5. The summed E-state index contributed by atoms with van der Waals surface area (Å²) in [5, 5.41) is 32.0. The highest BCUT2D eigenvalue weighted by atomic mass is 16.5. The molecule has 36 heavy (non-hydrogen) atoms. The summed E-state index contributed by atoms with van der Waals surface area (Å²) in [6, 6.07) is 4.78. The van der Waals surface area contributed by atoms with Crippen LogP contribution in [0.3, 0.4) is 0 Å². The predicted octanol–water partition coefficient (Wildman–Crippen LogP) is 6.93. The molecule has 2 heterocycles. The number of allylic oxidation sites excluding steroid dienone is 4. The third-order valence-electron chi connectivity index (χ3n) is 6.62. The first kappa shape index (κ1) is 25.4. The van der Waals surface area contributed by atoms with Crippen LogP contribution in [0.2, 0.25) is 0 Å². The number of phenolic OH excluding ortho intramolecular Hbond substituents is 3. The third-order valence-corrected chi connectivity index (χ3v) is 6.62. The van der Waals surface area contributed by atoms with Gasteiger partial charge in [-0.2, -0.15) is 0 Å². The number of carbonyl (C=O) groups excluding carboxylic acids is 1. The average molecular weight is 491 g/mol. The number of benzene rings is 2. The van der Waals surface area contributed by atoms with Crippen LogP contribution >= 0.6 is 0 Å². The smallest absolute Gasteiger partial charge is 0.174 e. The van der Waals surface area contributed by atoms with Crippen LogP contribution in [0.1, 0.15) is 87.0 Å². The Morgan fingerprint density at radius 2 is 1.78 bits per heavy atom. The number of hydrogen-bond acceptors (Lipinski definition) is 6. The summed E-state index contributed by atoms with van der Waals surface area (Å²) >= 11 is 0. The molecule has 0 aliphatic carbocycles. The van der Waals surface area contributed by atoms with E-state index < -0.39 is 11.7 Å². The average Bonchev–Trinajstić information content (AvgIpc) is 2.78. The molecule has 2 atom stereocenters. The molecule has 0 saturated carbocycles. The van der Waals surface area contributed by atoms with Gasteiger partial charge in [0.25, 0.3) is 0 Å². The van der Waals surface area contributed by atoms with Crippen molar-refractivity contribution in [2.45, 2.75) is 72.0 Å². The first-order valence-corrected chi connectivity index (χ1v) is 12.3. The normalized spacial score (nSPS) is 20.0. The molecule has 3 N–H and O–H groups in total. The van der Waals surface area contributed by atoms with E-state index >= 15 is 0 Å². The van der Waals surface area contributed by atoms with Crippen molar-refractivity contribution < 1.29 is 29.6 Å². The van der Waals surface area contributed by atoms with Crippen LogP contribution in [0.25, 0.3) is 6.08 Å². The number of phenols is 3. The lowest BCUT2D eigenvalue weighted by Gasteiger charge is -2.33. The second-order valence-electron chi connectivity index (χ2n) is 10.3. The number of ether oxygens (including phenoxy) is 2. The van der Waals surface area contributed by atoms with Crippen molar-refractivity contribution >= 4 is 11.9 Å². The van der Waals surface area contributed by atoms with E-state index in [1.165, 1.54) is 11.6 Å². The van der Waals surface area contributed by atoms with E-state index in [1.807, 2.05) is 45.1 Å². The highest BCUT2D eigenvalue weighted by Crippen LogP contribution is 2.47. The van der Waals surface area contributed by atoms with E-state index in [1.54, 1.807) is 6.07 Å². The van der Waals surface area contributed by atoms with E-state index in [0.717, 1.165) is 18.4 Å². The highest BCUT2D eigenvalue weighted by molar-refractivity contribution is 6.03. The van der Waals surface area contributed by atoms with Crippen LogP contribution in [-0.4, -0.2) is 26.7 Å². The number of Topliss-reactive ketones (excluding diaryl/α,β-unsaturated/α-hetero) is 1. The van der Waals surface area contributed by atoms with Crippen LogP contribution < -0.4 is 9.47 Å². The first-order valence-electron chi connectivity index (χ1n) is 12.3. The fourth-order valence-corrected chi connectivity index (χ4v) is 4.59. The van der Waals surface area contributed by atoms with Gasteiger partial charge in [-0.3, -0.25) is 4.79 Å². The molecule has 190 valence electrons. The third kappa shape index (κ3) is 5.13. The van der Waals surface area contributed by atoms with E-state index in [2.05, 4.69) is 19.9 Å². The molecule has 2 aromatic carbocycles. The molecule has 2 aliphatic rings. The van der Waals surface area contributed by atoms with Gasteiger partial charge < -0.3 is 24.8 Å². The fourth-order valence-electron chi connectivity index (χ4n) is 4.59. The SMILES string of the molecule is CC(C)=CCCC1(C)C=Cc2cc(C3CC(=O)c4c(cc(O)c(CC=C(C)C)c4O)O3)cc(O)c2O1. The van der Waals surface area contributed by atoms with E-state index in [9.17, 15) is 20.1 Å². The van der Waals surface area contributed by atoms with Gasteiger partial charge in [0.05, 0.1) is 6.42 Å². The van der Waals surface area contributed by atoms with Crippen LogP contribution in [0, 0.1) is 0 Å². The van der Waals surface area contributed by atoms with Gasteiger partial charge in [0.15, 0.2) is 17.3 Å². The van der Waals surface area contributed by atoms with Crippen molar-refractivity contribution in [1.82, 2.24) is 0 Å². The summed E-state index contributed by atoms with van der Waals surface area (Å²) in [5.74, 6) is -0.152. The van der Waals surface area contributed by atoms with Gasteiger partial charge in [0.1, 0.15) is 34.5 Å². The minimum atomic E-state index is -0.678. The number of aromatic hydroxyl groups is 3. The molecule has 0 fully saturated rings. The molecule has 2 unspecified atom stereocenters. The summed E-state index contributed by atoms with van der Waals surface area (Å²) in [4.78, 5) is 13.1. The van der Waals surface area contributed by atoms with Crippen LogP contribution in [0.15, 0.2) is 47.6 Å². The summed E-state index contributed by atoms with van der Waals surface area (Å²) in [6.07, 6.45) is 9.22. The minimum Gasteiger partial charge on any atom is -0.507 e. The van der Waals surface area contributed by atoms with Crippen molar-refractivity contribution in [3.8, 4) is 28.7 Å². The van der Waals surface area contributed by atoms with Gasteiger partial charge in [0, 0.05) is 17.2 Å². The Hall–Kier alpha value is -3.67. The highest BCUT2D eigenvalue weighted by Gasteiger charge is 2.34. The molecule has 4 rings (SSSR count). The number of ketones is 1. The lowest BCUT2D eigenvalue weighted by molar-refractivity contribution is 0.0843. The Balaban J connectivity index is 1.61. The first-order chi connectivity index (χ1) is 17.0. The van der Waals surface area contributed by atoms with E-state index in [0.29, 0.717) is 28.9 Å². The van der Waals surface area contributed by atoms with Gasteiger partial charge in [-0.05, 0) is 77.7 Å². The van der Waals surface area contributed by atoms with Gasteiger partial charge in [-0.1, -0.05) is 29.4 Å². The van der Waals surface area contributed by atoms with Crippen molar-refractivity contribution in [2.75, 3.05) is 0 Å². The van der Waals surface area contributed by atoms with Crippen LogP contribution in [0.4, 0.5) is 0 Å². The van der Waals surface area contributed by atoms with Crippen molar-refractivity contribution in [3.63, 3.8) is 0 Å². The second kappa shape index (κ2) is 9.76. The number of hydrogen-bond donors (Lipinski definition) is 3. The van der Waals surface area contributed by atoms with Crippen molar-refractivity contribution in [1.29, 1.82) is 0 Å². The van der Waals surface area contributed by atoms with Gasteiger partial charge in [-0.15, -0.1) is 0 Å². The summed E-state index contributed by atoms with van der Waals surface area (Å²) in [6.45, 7) is 9.95. The monoisotopic (exact) mass is 490 g/mol. The molecule has 0 bridgehead atoms. The minimum absolute atomic E-state index is 0.00334. The van der Waals surface area contributed by atoms with Crippen molar-refractivity contribution in [2.24, 2.45) is 0 Å². The molecule has 0 saturated heterocycles. The van der Waals surface area contributed by atoms with Gasteiger partial charge >= 0.3 is 0 Å². The standard InChI is InChI=1S/C30H34O6/c1-17(2)7-6-11-30(5)12-10-19-13-20(14-24(33)29(19)36-30)25-16-23(32)27-26(35-25)15-22(31)21(28(27)34)9-8-18(3)4/h7-8,10,12-15,25,31,33-34H,6,9,11,16H2,1-5H3. The Bertz CT molecular complexity index is 1290. The van der Waals surface area contributed by atoms with E-state index in [-0.39, 0.29) is 40.8 Å². The molecular formula is C30H34O6. The van der Waals surface area contributed by atoms with Crippen LogP contribution in [-0.2, 0) is 6.42 Å². The maximum atomic E-state index is 13.1. The van der Waals surface area contributed by atoms with E-state index in [4.69, 9.17) is 9.47 Å². The molecule has 0 spiro atoms. The lowest BCUT2D eigenvalue weighted by atomic mass is 9.90. The number of fused-ring (bicyclic) bond motifs is 2. The topological polar surface area (TPSA) is 96.2 Å². The van der Waals surface area contributed by atoms with Crippen LogP contribution in [0.5, 0.6) is 28.7 Å². The summed E-state index contributed by atoms with van der Waals surface area (Å²) in [5.41, 5.74) is 3.44. The Kier molecular flexibility index (Phi) is 6.90. The number of carbonyl (C=O) groups is 1. The quantitative estimate of drug-likeness (QED) is 0.380. The van der Waals surface area contributed by atoms with Gasteiger partial charge in [0.2, 0.25) is 0 Å². The molecule has 0 aromatic heterocycles. The van der Waals surface area contributed by atoms with Crippen molar-refractivity contribution in [3.05, 3.63) is 69.8 Å². The fraction of sp³-hybridized carbons (Fsp3) is 0.367. The Labute approximate surface area is 212 Å². The molecule has 6 heteroatoms. The Morgan fingerprint density at radius 3 is 2.47 bits per heavy atom. The summed E-state index contributed by atoms with van der Waals surface area (Å²) in [7, 11) is 0. The zero-order valence-corrected chi connectivity index (χ0v) is 21.5.